The van der Waals surface area contributed by atoms with E-state index in [2.05, 4.69) is 9.82 Å². The number of aliphatic hydroxyl groups excluding tert-OH is 1. The van der Waals surface area contributed by atoms with Crippen LogP contribution in [0.2, 0.25) is 0 Å². The van der Waals surface area contributed by atoms with Crippen LogP contribution >= 0.6 is 0 Å². The average Bonchev–Trinajstić information content (AvgIpc) is 2.74. The number of benzene rings is 1. The topological polar surface area (TPSA) is 84.2 Å². The van der Waals surface area contributed by atoms with E-state index in [9.17, 15) is 8.42 Å². The molecule has 1 aromatic heterocycles. The number of nitrogens with zero attached hydrogens (tertiary/aromatic N) is 2. The molecule has 2 aromatic rings. The molecule has 0 atom stereocenters. The van der Waals surface area contributed by atoms with E-state index in [4.69, 9.17) is 5.11 Å². The van der Waals surface area contributed by atoms with Gasteiger partial charge in [-0.1, -0.05) is 12.1 Å². The quantitative estimate of drug-likeness (QED) is 0.854. The van der Waals surface area contributed by atoms with Crippen molar-refractivity contribution < 1.29 is 13.5 Å². The molecule has 2 rings (SSSR count). The van der Waals surface area contributed by atoms with Crippen molar-refractivity contribution in [3.05, 3.63) is 42.1 Å². The minimum absolute atomic E-state index is 0.117. The molecule has 0 radical (unpaired) electrons. The smallest absolute Gasteiger partial charge is 0.263 e. The third kappa shape index (κ3) is 2.69. The van der Waals surface area contributed by atoms with Crippen molar-refractivity contribution in [1.29, 1.82) is 0 Å². The Morgan fingerprint density at radius 2 is 1.94 bits per heavy atom. The minimum atomic E-state index is -3.63. The highest BCUT2D eigenvalue weighted by Gasteiger charge is 2.14. The fraction of sp³-hybridized carbons (Fsp3) is 0.182. The van der Waals surface area contributed by atoms with Gasteiger partial charge in [0.1, 0.15) is 0 Å². The van der Waals surface area contributed by atoms with Crippen LogP contribution in [0.1, 0.15) is 5.56 Å². The number of hydrogen-bond acceptors (Lipinski definition) is 4. The summed E-state index contributed by atoms with van der Waals surface area (Å²) in [6, 6.07) is 7.58. The number of aliphatic hydroxyl groups is 1. The Morgan fingerprint density at radius 1 is 1.28 bits per heavy atom. The molecular weight excluding hydrogens is 254 g/mol. The first-order valence-corrected chi connectivity index (χ1v) is 6.72. The molecule has 0 fully saturated rings. The summed E-state index contributed by atoms with van der Waals surface area (Å²) in [5.41, 5.74) is 0.659. The van der Waals surface area contributed by atoms with Gasteiger partial charge in [0.25, 0.3) is 10.0 Å². The second-order valence-corrected chi connectivity index (χ2v) is 5.46. The maximum Gasteiger partial charge on any atom is 0.263 e. The molecule has 1 aromatic carbocycles. The Hall–Kier alpha value is -1.86. The van der Waals surface area contributed by atoms with Crippen molar-refractivity contribution in [1.82, 2.24) is 9.78 Å². The first kappa shape index (κ1) is 12.6. The van der Waals surface area contributed by atoms with Crippen LogP contribution in [0.15, 0.2) is 41.4 Å². The predicted molar refractivity (Wildman–Crippen MR) is 66.4 cm³/mol. The Kier molecular flexibility index (Phi) is 3.35. The number of aromatic nitrogens is 2. The minimum Gasteiger partial charge on any atom is -0.392 e. The summed E-state index contributed by atoms with van der Waals surface area (Å²) in [4.78, 5) is 0.130. The monoisotopic (exact) mass is 267 g/mol. The molecule has 1 heterocycles. The molecule has 0 unspecified atom stereocenters. The van der Waals surface area contributed by atoms with Crippen LogP contribution in [0.3, 0.4) is 0 Å². The van der Waals surface area contributed by atoms with Gasteiger partial charge in [0.05, 0.1) is 11.5 Å². The predicted octanol–water partition coefficient (Wildman–Crippen LogP) is 0.713. The molecule has 0 aliphatic heterocycles. The number of nitrogens with one attached hydrogen (secondary N) is 1. The zero-order valence-corrected chi connectivity index (χ0v) is 10.6. The Balaban J connectivity index is 2.24. The van der Waals surface area contributed by atoms with Gasteiger partial charge in [-0.3, -0.25) is 9.40 Å². The Labute approximate surface area is 105 Å². The third-order valence-corrected chi connectivity index (χ3v) is 3.74. The van der Waals surface area contributed by atoms with Crippen LogP contribution in [0.4, 0.5) is 5.82 Å². The molecule has 2 N–H and O–H groups in total. The summed E-state index contributed by atoms with van der Waals surface area (Å²) < 4.78 is 27.9. The summed E-state index contributed by atoms with van der Waals surface area (Å²) in [7, 11) is -1.93. The maximum absolute atomic E-state index is 12.0. The lowest BCUT2D eigenvalue weighted by molar-refractivity contribution is 0.282. The zero-order chi connectivity index (χ0) is 13.2. The molecule has 0 saturated heterocycles. The maximum atomic E-state index is 12.0. The van der Waals surface area contributed by atoms with E-state index >= 15 is 0 Å². The van der Waals surface area contributed by atoms with Crippen LogP contribution in [0.25, 0.3) is 0 Å². The molecule has 0 saturated carbocycles. The van der Waals surface area contributed by atoms with Crippen LogP contribution in [-0.2, 0) is 23.7 Å². The molecule has 0 spiro atoms. The lowest BCUT2D eigenvalue weighted by Gasteiger charge is -2.05. The van der Waals surface area contributed by atoms with Gasteiger partial charge >= 0.3 is 0 Å². The van der Waals surface area contributed by atoms with E-state index in [0.29, 0.717) is 5.56 Å². The second-order valence-electron chi connectivity index (χ2n) is 3.78. The van der Waals surface area contributed by atoms with Gasteiger partial charge in [-0.15, -0.1) is 0 Å². The van der Waals surface area contributed by atoms with Crippen molar-refractivity contribution in [2.75, 3.05) is 4.72 Å². The van der Waals surface area contributed by atoms with Gasteiger partial charge < -0.3 is 5.11 Å². The number of anilines is 1. The summed E-state index contributed by atoms with van der Waals surface area (Å²) >= 11 is 0. The average molecular weight is 267 g/mol. The molecule has 0 amide bonds. The highest BCUT2D eigenvalue weighted by atomic mass is 32.2. The fourth-order valence-corrected chi connectivity index (χ4v) is 2.44. The van der Waals surface area contributed by atoms with Gasteiger partial charge in [0, 0.05) is 19.3 Å². The molecule has 6 nitrogen and oxygen atoms in total. The van der Waals surface area contributed by atoms with Gasteiger partial charge in [-0.25, -0.2) is 8.42 Å². The fourth-order valence-electron chi connectivity index (χ4n) is 1.44. The molecule has 0 bridgehead atoms. The van der Waals surface area contributed by atoms with Crippen molar-refractivity contribution in [2.24, 2.45) is 7.05 Å². The molecule has 18 heavy (non-hydrogen) atoms. The van der Waals surface area contributed by atoms with E-state index in [0.717, 1.165) is 0 Å². The number of hydrogen-bond donors (Lipinski definition) is 2. The van der Waals surface area contributed by atoms with Gasteiger partial charge in [0.2, 0.25) is 0 Å². The lowest BCUT2D eigenvalue weighted by atomic mass is 10.2. The van der Waals surface area contributed by atoms with Gasteiger partial charge in [0.15, 0.2) is 5.82 Å². The second kappa shape index (κ2) is 4.79. The summed E-state index contributed by atoms with van der Waals surface area (Å²) in [5.74, 6) is 0.267. The largest absolute Gasteiger partial charge is 0.392 e. The number of aryl methyl sites for hydroxylation is 1. The first-order chi connectivity index (χ1) is 8.51. The lowest BCUT2D eigenvalue weighted by Crippen LogP contribution is -2.13. The normalized spacial score (nSPS) is 11.4. The molecule has 7 heteroatoms. The van der Waals surface area contributed by atoms with Crippen molar-refractivity contribution in [3.8, 4) is 0 Å². The van der Waals surface area contributed by atoms with E-state index in [1.165, 1.54) is 16.8 Å². The van der Waals surface area contributed by atoms with Gasteiger partial charge in [-0.2, -0.15) is 5.10 Å². The van der Waals surface area contributed by atoms with Crippen molar-refractivity contribution in [2.45, 2.75) is 11.5 Å². The SMILES string of the molecule is Cn1ccc(NS(=O)(=O)c2ccc(CO)cc2)n1. The highest BCUT2D eigenvalue weighted by molar-refractivity contribution is 7.92. The van der Waals surface area contributed by atoms with Crippen molar-refractivity contribution in [3.63, 3.8) is 0 Å². The zero-order valence-electron chi connectivity index (χ0n) is 9.74. The van der Waals surface area contributed by atoms with E-state index in [1.54, 1.807) is 31.4 Å². The van der Waals surface area contributed by atoms with Crippen LogP contribution in [-0.4, -0.2) is 23.3 Å². The van der Waals surface area contributed by atoms with Crippen LogP contribution < -0.4 is 4.72 Å². The van der Waals surface area contributed by atoms with E-state index < -0.39 is 10.0 Å². The van der Waals surface area contributed by atoms with Crippen molar-refractivity contribution >= 4 is 15.8 Å². The summed E-state index contributed by atoms with van der Waals surface area (Å²) in [6.07, 6.45) is 1.65. The number of sulfonamides is 1. The highest BCUT2D eigenvalue weighted by Crippen LogP contribution is 2.14. The first-order valence-electron chi connectivity index (χ1n) is 5.23. The number of rotatable bonds is 4. The van der Waals surface area contributed by atoms with Gasteiger partial charge in [-0.05, 0) is 17.7 Å². The molecule has 0 aliphatic carbocycles. The standard InChI is InChI=1S/C11H13N3O3S/c1-14-7-6-11(12-14)13-18(16,17)10-4-2-9(8-15)3-5-10/h2-7,15H,8H2,1H3,(H,12,13). The van der Waals surface area contributed by atoms with Crippen LogP contribution in [0, 0.1) is 0 Å². The summed E-state index contributed by atoms with van der Waals surface area (Å²) in [5, 5.41) is 12.8. The van der Waals surface area contributed by atoms with E-state index in [1.807, 2.05) is 0 Å². The summed E-state index contributed by atoms with van der Waals surface area (Å²) in [6.45, 7) is -0.117. The molecule has 0 aliphatic rings. The third-order valence-electron chi connectivity index (χ3n) is 2.37. The van der Waals surface area contributed by atoms with Crippen LogP contribution in [0.5, 0.6) is 0 Å². The Bertz CT molecular complexity index is 632. The molecule has 96 valence electrons. The van der Waals surface area contributed by atoms with E-state index in [-0.39, 0.29) is 17.3 Å². The molecular formula is C11H13N3O3S. The Morgan fingerprint density at radius 3 is 2.44 bits per heavy atom.